The molecule has 0 saturated heterocycles. The zero-order chi connectivity index (χ0) is 14.5. The Morgan fingerprint density at radius 2 is 1.85 bits per heavy atom. The smallest absolute Gasteiger partial charge is 0.269 e. The summed E-state index contributed by atoms with van der Waals surface area (Å²) in [4.78, 5) is 22.1. The van der Waals surface area contributed by atoms with Gasteiger partial charge in [0.15, 0.2) is 0 Å². The van der Waals surface area contributed by atoms with Gasteiger partial charge in [-0.05, 0) is 25.0 Å². The van der Waals surface area contributed by atoms with Crippen LogP contribution in [0.2, 0.25) is 0 Å². The van der Waals surface area contributed by atoms with Crippen LogP contribution >= 0.6 is 0 Å². The highest BCUT2D eigenvalue weighted by atomic mass is 16.6. The molecule has 20 heavy (non-hydrogen) atoms. The maximum absolute atomic E-state index is 12.1. The standard InChI is InChI=1S/C14H18N2O4/c17-13-5-3-1-2-4-12(13)15-14(18)10-6-8-11(9-7-10)16(19)20/h6-9,12-13,17H,1-5H2,(H,15,18). The van der Waals surface area contributed by atoms with Crippen LogP contribution in [0, 0.1) is 10.1 Å². The monoisotopic (exact) mass is 278 g/mol. The number of amides is 1. The summed E-state index contributed by atoms with van der Waals surface area (Å²) >= 11 is 0. The van der Waals surface area contributed by atoms with Crippen LogP contribution in [0.15, 0.2) is 24.3 Å². The van der Waals surface area contributed by atoms with Gasteiger partial charge in [0, 0.05) is 17.7 Å². The second-order valence-electron chi connectivity index (χ2n) is 5.09. The summed E-state index contributed by atoms with van der Waals surface area (Å²) in [6.45, 7) is 0. The van der Waals surface area contributed by atoms with E-state index in [2.05, 4.69) is 5.32 Å². The molecule has 0 spiro atoms. The van der Waals surface area contributed by atoms with Gasteiger partial charge in [0.2, 0.25) is 0 Å². The molecule has 0 radical (unpaired) electrons. The van der Waals surface area contributed by atoms with Crippen LogP contribution in [0.1, 0.15) is 42.5 Å². The summed E-state index contributed by atoms with van der Waals surface area (Å²) in [5.74, 6) is -0.300. The summed E-state index contributed by atoms with van der Waals surface area (Å²) in [6, 6.07) is 5.23. The molecule has 1 aromatic rings. The second kappa shape index (κ2) is 6.47. The molecule has 6 heteroatoms. The lowest BCUT2D eigenvalue weighted by Crippen LogP contribution is -2.42. The number of non-ortho nitro benzene ring substituents is 1. The lowest BCUT2D eigenvalue weighted by Gasteiger charge is -2.21. The van der Waals surface area contributed by atoms with E-state index in [0.29, 0.717) is 12.0 Å². The third kappa shape index (κ3) is 3.54. The number of benzene rings is 1. The minimum atomic E-state index is -0.514. The molecule has 1 fully saturated rings. The number of rotatable bonds is 3. The second-order valence-corrected chi connectivity index (χ2v) is 5.09. The minimum Gasteiger partial charge on any atom is -0.391 e. The van der Waals surface area contributed by atoms with Crippen molar-refractivity contribution in [2.75, 3.05) is 0 Å². The predicted octanol–water partition coefficient (Wildman–Crippen LogP) is 2.02. The van der Waals surface area contributed by atoms with Crippen LogP contribution in [0.5, 0.6) is 0 Å². The summed E-state index contributed by atoms with van der Waals surface area (Å²) in [7, 11) is 0. The lowest BCUT2D eigenvalue weighted by molar-refractivity contribution is -0.384. The van der Waals surface area contributed by atoms with E-state index in [-0.39, 0.29) is 17.6 Å². The highest BCUT2D eigenvalue weighted by Gasteiger charge is 2.23. The fourth-order valence-electron chi connectivity index (χ4n) is 2.44. The molecule has 2 rings (SSSR count). The molecule has 2 atom stereocenters. The maximum atomic E-state index is 12.1. The first-order valence-electron chi connectivity index (χ1n) is 6.81. The van der Waals surface area contributed by atoms with Crippen molar-refractivity contribution in [3.8, 4) is 0 Å². The van der Waals surface area contributed by atoms with E-state index in [1.165, 1.54) is 24.3 Å². The zero-order valence-corrected chi connectivity index (χ0v) is 11.1. The van der Waals surface area contributed by atoms with Crippen LogP contribution in [0.4, 0.5) is 5.69 Å². The average molecular weight is 278 g/mol. The fraction of sp³-hybridized carbons (Fsp3) is 0.500. The highest BCUT2D eigenvalue weighted by molar-refractivity contribution is 5.94. The Kier molecular flexibility index (Phi) is 4.68. The Morgan fingerprint density at radius 3 is 2.50 bits per heavy atom. The van der Waals surface area contributed by atoms with Crippen LogP contribution in [0.3, 0.4) is 0 Å². The molecule has 1 saturated carbocycles. The largest absolute Gasteiger partial charge is 0.391 e. The van der Waals surface area contributed by atoms with E-state index in [1.54, 1.807) is 0 Å². The molecule has 2 N–H and O–H groups in total. The van der Waals surface area contributed by atoms with Crippen molar-refractivity contribution < 1.29 is 14.8 Å². The predicted molar refractivity (Wildman–Crippen MR) is 73.4 cm³/mol. The molecular weight excluding hydrogens is 260 g/mol. The molecule has 2 unspecified atom stereocenters. The number of hydrogen-bond acceptors (Lipinski definition) is 4. The quantitative estimate of drug-likeness (QED) is 0.502. The van der Waals surface area contributed by atoms with Gasteiger partial charge in [-0.15, -0.1) is 0 Å². The SMILES string of the molecule is O=C(NC1CCCCCC1O)c1ccc([N+](=O)[O-])cc1. The van der Waals surface area contributed by atoms with Crippen molar-refractivity contribution in [1.82, 2.24) is 5.32 Å². The van der Waals surface area contributed by atoms with Crippen molar-refractivity contribution in [1.29, 1.82) is 0 Å². The number of nitro groups is 1. The third-order valence-electron chi connectivity index (χ3n) is 3.64. The zero-order valence-electron chi connectivity index (χ0n) is 11.1. The lowest BCUT2D eigenvalue weighted by atomic mass is 10.1. The van der Waals surface area contributed by atoms with Gasteiger partial charge in [-0.1, -0.05) is 19.3 Å². The molecule has 1 aliphatic rings. The van der Waals surface area contributed by atoms with Crippen LogP contribution in [0.25, 0.3) is 0 Å². The first-order valence-corrected chi connectivity index (χ1v) is 6.81. The first-order chi connectivity index (χ1) is 9.58. The van der Waals surface area contributed by atoms with Crippen molar-refractivity contribution >= 4 is 11.6 Å². The van der Waals surface area contributed by atoms with Crippen LogP contribution in [-0.4, -0.2) is 28.1 Å². The van der Waals surface area contributed by atoms with Crippen LogP contribution in [-0.2, 0) is 0 Å². The molecule has 108 valence electrons. The summed E-state index contributed by atoms with van der Waals surface area (Å²) < 4.78 is 0. The van der Waals surface area contributed by atoms with Crippen molar-refractivity contribution in [3.63, 3.8) is 0 Å². The van der Waals surface area contributed by atoms with E-state index in [4.69, 9.17) is 0 Å². The van der Waals surface area contributed by atoms with Gasteiger partial charge >= 0.3 is 0 Å². The van der Waals surface area contributed by atoms with Crippen molar-refractivity contribution in [3.05, 3.63) is 39.9 Å². The van der Waals surface area contributed by atoms with Gasteiger partial charge in [-0.3, -0.25) is 14.9 Å². The van der Waals surface area contributed by atoms with Gasteiger partial charge in [-0.2, -0.15) is 0 Å². The van der Waals surface area contributed by atoms with E-state index in [1.807, 2.05) is 0 Å². The number of aliphatic hydroxyl groups excluding tert-OH is 1. The normalized spacial score (nSPS) is 22.9. The molecular formula is C14H18N2O4. The molecule has 1 aliphatic carbocycles. The van der Waals surface area contributed by atoms with Gasteiger partial charge < -0.3 is 10.4 Å². The summed E-state index contributed by atoms with van der Waals surface area (Å²) in [6.07, 6.45) is 3.99. The van der Waals surface area contributed by atoms with Gasteiger partial charge in [0.05, 0.1) is 17.1 Å². The Balaban J connectivity index is 2.01. The van der Waals surface area contributed by atoms with Gasteiger partial charge in [0.1, 0.15) is 0 Å². The van der Waals surface area contributed by atoms with Gasteiger partial charge in [0.25, 0.3) is 11.6 Å². The van der Waals surface area contributed by atoms with E-state index in [0.717, 1.165) is 25.7 Å². The van der Waals surface area contributed by atoms with E-state index >= 15 is 0 Å². The van der Waals surface area contributed by atoms with E-state index < -0.39 is 11.0 Å². The molecule has 0 aromatic heterocycles. The summed E-state index contributed by atoms with van der Waals surface area (Å²) in [5.41, 5.74) is 0.322. The maximum Gasteiger partial charge on any atom is 0.269 e. The molecule has 0 aliphatic heterocycles. The average Bonchev–Trinajstić information content (AvgIpc) is 2.64. The van der Waals surface area contributed by atoms with E-state index in [9.17, 15) is 20.0 Å². The number of carbonyl (C=O) groups excluding carboxylic acids is 1. The highest BCUT2D eigenvalue weighted by Crippen LogP contribution is 2.19. The number of hydrogen-bond donors (Lipinski definition) is 2. The van der Waals surface area contributed by atoms with Crippen molar-refractivity contribution in [2.24, 2.45) is 0 Å². The Hall–Kier alpha value is -1.95. The topological polar surface area (TPSA) is 92.5 Å². The minimum absolute atomic E-state index is 0.0453. The molecule has 1 amide bonds. The fourth-order valence-corrected chi connectivity index (χ4v) is 2.44. The Morgan fingerprint density at radius 1 is 1.20 bits per heavy atom. The Labute approximate surface area is 117 Å². The van der Waals surface area contributed by atoms with Crippen molar-refractivity contribution in [2.45, 2.75) is 44.2 Å². The molecule has 0 heterocycles. The third-order valence-corrected chi connectivity index (χ3v) is 3.64. The number of nitrogens with zero attached hydrogens (tertiary/aromatic N) is 1. The Bertz CT molecular complexity index is 486. The number of carbonyl (C=O) groups is 1. The number of nitrogens with one attached hydrogen (secondary N) is 1. The van der Waals surface area contributed by atoms with Gasteiger partial charge in [-0.25, -0.2) is 0 Å². The molecule has 0 bridgehead atoms. The number of aliphatic hydroxyl groups is 1. The first kappa shape index (κ1) is 14.5. The molecule has 1 aromatic carbocycles. The number of nitro benzene ring substituents is 1. The summed E-state index contributed by atoms with van der Waals surface area (Å²) in [5, 5.41) is 23.3. The van der Waals surface area contributed by atoms with Crippen LogP contribution < -0.4 is 5.32 Å². The molecule has 6 nitrogen and oxygen atoms in total.